The number of aliphatic hydroxyl groups is 1. The molecule has 0 spiro atoms. The second kappa shape index (κ2) is 7.87. The van der Waals surface area contributed by atoms with E-state index in [1.165, 1.54) is 0 Å². The zero-order valence-electron chi connectivity index (χ0n) is 13.6. The molecule has 3 N–H and O–H groups in total. The molecule has 25 heavy (non-hydrogen) atoms. The van der Waals surface area contributed by atoms with Crippen LogP contribution in [-0.2, 0) is 6.42 Å². The summed E-state index contributed by atoms with van der Waals surface area (Å²) in [5.74, 6) is -0.194. The van der Waals surface area contributed by atoms with Crippen molar-refractivity contribution in [3.8, 4) is 5.75 Å². The van der Waals surface area contributed by atoms with E-state index in [0.29, 0.717) is 18.1 Å². The van der Waals surface area contributed by atoms with Gasteiger partial charge in [0.2, 0.25) is 0 Å². The lowest BCUT2D eigenvalue weighted by molar-refractivity contribution is 0.0696. The molecule has 5 nitrogen and oxygen atoms in total. The number of nitrogens with one attached hydrogen (secondary N) is 1. The highest BCUT2D eigenvalue weighted by molar-refractivity contribution is 6.30. The number of hydrogen-bond donors (Lipinski definition) is 3. The molecular formula is C19H20ClNO4. The van der Waals surface area contributed by atoms with Gasteiger partial charge in [0, 0.05) is 18.1 Å². The van der Waals surface area contributed by atoms with Gasteiger partial charge in [0.25, 0.3) is 0 Å². The standard InChI is InChI=1S/C19H20ClNO4/c20-15-3-1-2-12(9-15)17(22)11-21-10-16-6-4-13-8-14(19(23)24)5-7-18(13)25-16/h1-3,5,7-9,16-17,21-22H,4,6,10-11H2,(H,23,24). The van der Waals surface area contributed by atoms with Crippen LogP contribution in [0.1, 0.15) is 34.0 Å². The smallest absolute Gasteiger partial charge is 0.335 e. The summed E-state index contributed by atoms with van der Waals surface area (Å²) in [6.45, 7) is 1.02. The van der Waals surface area contributed by atoms with Crippen LogP contribution in [-0.4, -0.2) is 35.4 Å². The molecule has 2 aromatic carbocycles. The highest BCUT2D eigenvalue weighted by Gasteiger charge is 2.21. The topological polar surface area (TPSA) is 78.8 Å². The Bertz CT molecular complexity index is 765. The first kappa shape index (κ1) is 17.7. The van der Waals surface area contributed by atoms with E-state index in [2.05, 4.69) is 5.32 Å². The molecule has 2 unspecified atom stereocenters. The maximum absolute atomic E-state index is 11.0. The average Bonchev–Trinajstić information content (AvgIpc) is 2.61. The van der Waals surface area contributed by atoms with Crippen molar-refractivity contribution < 1.29 is 19.7 Å². The minimum Gasteiger partial charge on any atom is -0.489 e. The van der Waals surface area contributed by atoms with Crippen LogP contribution in [0.5, 0.6) is 5.75 Å². The SMILES string of the molecule is O=C(O)c1ccc2c(c1)CCC(CNCC(O)c1cccc(Cl)c1)O2. The van der Waals surface area contributed by atoms with Crippen molar-refractivity contribution in [1.82, 2.24) is 5.32 Å². The van der Waals surface area contributed by atoms with E-state index in [0.717, 1.165) is 29.7 Å². The quantitative estimate of drug-likeness (QED) is 0.737. The number of aromatic carboxylic acids is 1. The van der Waals surface area contributed by atoms with Crippen molar-refractivity contribution in [2.24, 2.45) is 0 Å². The lowest BCUT2D eigenvalue weighted by Crippen LogP contribution is -2.36. The van der Waals surface area contributed by atoms with Gasteiger partial charge in [-0.15, -0.1) is 0 Å². The Morgan fingerprint density at radius 3 is 2.92 bits per heavy atom. The van der Waals surface area contributed by atoms with Gasteiger partial charge in [0.05, 0.1) is 11.7 Å². The third-order valence-electron chi connectivity index (χ3n) is 4.28. The summed E-state index contributed by atoms with van der Waals surface area (Å²) in [7, 11) is 0. The Morgan fingerprint density at radius 2 is 2.16 bits per heavy atom. The number of hydrogen-bond acceptors (Lipinski definition) is 4. The summed E-state index contributed by atoms with van der Waals surface area (Å²) in [6.07, 6.45) is 0.943. The fraction of sp³-hybridized carbons (Fsp3) is 0.316. The third kappa shape index (κ3) is 4.51. The summed E-state index contributed by atoms with van der Waals surface area (Å²) in [6, 6.07) is 12.1. The molecule has 132 valence electrons. The first-order valence-electron chi connectivity index (χ1n) is 8.20. The first-order chi connectivity index (χ1) is 12.0. The Morgan fingerprint density at radius 1 is 1.32 bits per heavy atom. The molecule has 0 aromatic heterocycles. The molecule has 6 heteroatoms. The Kier molecular flexibility index (Phi) is 5.58. The zero-order valence-corrected chi connectivity index (χ0v) is 14.4. The summed E-state index contributed by atoms with van der Waals surface area (Å²) in [5.41, 5.74) is 1.98. The summed E-state index contributed by atoms with van der Waals surface area (Å²) >= 11 is 5.93. The van der Waals surface area contributed by atoms with E-state index in [1.54, 1.807) is 30.3 Å². The Balaban J connectivity index is 1.51. The number of fused-ring (bicyclic) bond motifs is 1. The third-order valence-corrected chi connectivity index (χ3v) is 4.51. The average molecular weight is 362 g/mol. The summed E-state index contributed by atoms with van der Waals surface area (Å²) in [5, 5.41) is 23.1. The lowest BCUT2D eigenvalue weighted by Gasteiger charge is -2.27. The second-order valence-corrected chi connectivity index (χ2v) is 6.57. The number of carboxylic acid groups (broad SMARTS) is 1. The monoisotopic (exact) mass is 361 g/mol. The van der Waals surface area contributed by atoms with Crippen molar-refractivity contribution in [3.05, 3.63) is 64.2 Å². The minimum absolute atomic E-state index is 0.00487. The number of halogens is 1. The van der Waals surface area contributed by atoms with Crippen LogP contribution < -0.4 is 10.1 Å². The number of carboxylic acids is 1. The van der Waals surface area contributed by atoms with Crippen LogP contribution in [0.15, 0.2) is 42.5 Å². The molecule has 2 atom stereocenters. The van der Waals surface area contributed by atoms with Gasteiger partial charge in [-0.2, -0.15) is 0 Å². The van der Waals surface area contributed by atoms with Gasteiger partial charge in [0.15, 0.2) is 0 Å². The van der Waals surface area contributed by atoms with Crippen molar-refractivity contribution >= 4 is 17.6 Å². The molecule has 0 amide bonds. The van der Waals surface area contributed by atoms with Crippen molar-refractivity contribution in [2.75, 3.05) is 13.1 Å². The molecule has 1 heterocycles. The van der Waals surface area contributed by atoms with E-state index in [-0.39, 0.29) is 11.7 Å². The van der Waals surface area contributed by atoms with Crippen LogP contribution >= 0.6 is 11.6 Å². The number of aryl methyl sites for hydroxylation is 1. The molecule has 0 bridgehead atoms. The van der Waals surface area contributed by atoms with E-state index in [1.807, 2.05) is 12.1 Å². The molecule has 3 rings (SSSR count). The van der Waals surface area contributed by atoms with Gasteiger partial charge in [-0.3, -0.25) is 0 Å². The van der Waals surface area contributed by atoms with Gasteiger partial charge >= 0.3 is 5.97 Å². The van der Waals surface area contributed by atoms with E-state index >= 15 is 0 Å². The van der Waals surface area contributed by atoms with Crippen LogP contribution in [0.2, 0.25) is 5.02 Å². The van der Waals surface area contributed by atoms with E-state index in [4.69, 9.17) is 21.4 Å². The fourth-order valence-electron chi connectivity index (χ4n) is 2.93. The van der Waals surface area contributed by atoms with Crippen LogP contribution in [0, 0.1) is 0 Å². The Hall–Kier alpha value is -2.08. The zero-order chi connectivity index (χ0) is 17.8. The molecule has 0 saturated heterocycles. The first-order valence-corrected chi connectivity index (χ1v) is 8.58. The molecule has 0 saturated carbocycles. The van der Waals surface area contributed by atoms with Gasteiger partial charge < -0.3 is 20.3 Å². The molecule has 1 aliphatic rings. The van der Waals surface area contributed by atoms with Crippen molar-refractivity contribution in [3.63, 3.8) is 0 Å². The van der Waals surface area contributed by atoms with Gasteiger partial charge in [-0.25, -0.2) is 4.79 Å². The van der Waals surface area contributed by atoms with Gasteiger partial charge in [0.1, 0.15) is 11.9 Å². The van der Waals surface area contributed by atoms with Crippen molar-refractivity contribution in [1.29, 1.82) is 0 Å². The van der Waals surface area contributed by atoms with Crippen LogP contribution in [0.25, 0.3) is 0 Å². The second-order valence-electron chi connectivity index (χ2n) is 6.14. The maximum Gasteiger partial charge on any atom is 0.335 e. The lowest BCUT2D eigenvalue weighted by atomic mass is 10.00. The predicted octanol–water partition coefficient (Wildman–Crippen LogP) is 3.06. The molecule has 1 aliphatic heterocycles. The highest BCUT2D eigenvalue weighted by Crippen LogP contribution is 2.28. The Labute approximate surface area is 151 Å². The minimum atomic E-state index is -0.929. The highest BCUT2D eigenvalue weighted by atomic mass is 35.5. The van der Waals surface area contributed by atoms with Crippen LogP contribution in [0.3, 0.4) is 0 Å². The fourth-order valence-corrected chi connectivity index (χ4v) is 3.13. The number of rotatable bonds is 6. The predicted molar refractivity (Wildman–Crippen MR) is 95.4 cm³/mol. The number of ether oxygens (including phenoxy) is 1. The normalized spacial score (nSPS) is 17.4. The van der Waals surface area contributed by atoms with E-state index < -0.39 is 12.1 Å². The molecule has 0 radical (unpaired) electrons. The molecule has 2 aromatic rings. The number of carbonyl (C=O) groups is 1. The summed E-state index contributed by atoms with van der Waals surface area (Å²) < 4.78 is 5.92. The van der Waals surface area contributed by atoms with Crippen LogP contribution in [0.4, 0.5) is 0 Å². The maximum atomic E-state index is 11.0. The number of benzene rings is 2. The van der Waals surface area contributed by atoms with Gasteiger partial charge in [-0.05, 0) is 54.3 Å². The van der Waals surface area contributed by atoms with Crippen molar-refractivity contribution in [2.45, 2.75) is 25.0 Å². The number of aliphatic hydroxyl groups excluding tert-OH is 1. The molecule has 0 fully saturated rings. The molecule has 0 aliphatic carbocycles. The van der Waals surface area contributed by atoms with Gasteiger partial charge in [-0.1, -0.05) is 23.7 Å². The molecular weight excluding hydrogens is 342 g/mol. The van der Waals surface area contributed by atoms with E-state index in [9.17, 15) is 9.90 Å². The largest absolute Gasteiger partial charge is 0.489 e. The summed E-state index contributed by atoms with van der Waals surface area (Å²) in [4.78, 5) is 11.0.